The van der Waals surface area contributed by atoms with E-state index in [1.165, 1.54) is 11.1 Å². The van der Waals surface area contributed by atoms with Gasteiger partial charge >= 0.3 is 0 Å². The number of benzene rings is 1. The zero-order valence-corrected chi connectivity index (χ0v) is 7.46. The van der Waals surface area contributed by atoms with Crippen molar-refractivity contribution in [2.24, 2.45) is 0 Å². The molecule has 0 aliphatic carbocycles. The second kappa shape index (κ2) is 4.55. The van der Waals surface area contributed by atoms with Crippen LogP contribution < -0.4 is 0 Å². The first-order chi connectivity index (χ1) is 5.83. The van der Waals surface area contributed by atoms with Gasteiger partial charge in [0.2, 0.25) is 0 Å². The smallest absolute Gasteiger partial charge is 0.0169 e. The Morgan fingerprint density at radius 3 is 2.50 bits per heavy atom. The van der Waals surface area contributed by atoms with E-state index < -0.39 is 0 Å². The third kappa shape index (κ3) is 2.75. The summed E-state index contributed by atoms with van der Waals surface area (Å²) in [6, 6.07) is 8.48. The van der Waals surface area contributed by atoms with Gasteiger partial charge in [0, 0.05) is 0 Å². The lowest BCUT2D eigenvalue weighted by Crippen LogP contribution is -1.72. The molecule has 0 spiro atoms. The van der Waals surface area contributed by atoms with Crippen LogP contribution in [0.3, 0.4) is 0 Å². The molecule has 0 radical (unpaired) electrons. The molecule has 1 rings (SSSR count). The number of hydrogen-bond donors (Lipinski definition) is 0. The van der Waals surface area contributed by atoms with E-state index in [2.05, 4.69) is 49.9 Å². The van der Waals surface area contributed by atoms with Gasteiger partial charge in [0.15, 0.2) is 0 Å². The van der Waals surface area contributed by atoms with Crippen molar-refractivity contribution in [3.8, 4) is 0 Å². The van der Waals surface area contributed by atoms with E-state index in [0.717, 1.165) is 6.42 Å². The van der Waals surface area contributed by atoms with Crippen LogP contribution >= 0.6 is 0 Å². The average Bonchev–Trinajstić information content (AvgIpc) is 2.09. The summed E-state index contributed by atoms with van der Waals surface area (Å²) in [4.78, 5) is 0. The van der Waals surface area contributed by atoms with Crippen molar-refractivity contribution in [1.29, 1.82) is 0 Å². The molecule has 0 aliphatic heterocycles. The Kier molecular flexibility index (Phi) is 3.34. The average molecular weight is 158 g/mol. The Morgan fingerprint density at radius 1 is 1.25 bits per heavy atom. The first-order valence-electron chi connectivity index (χ1n) is 4.17. The fourth-order valence-electron chi connectivity index (χ4n) is 0.978. The van der Waals surface area contributed by atoms with Crippen LogP contribution in [0.5, 0.6) is 0 Å². The lowest BCUT2D eigenvalue weighted by molar-refractivity contribution is 1.41. The predicted octanol–water partition coefficient (Wildman–Crippen LogP) is 3.58. The molecule has 0 fully saturated rings. The van der Waals surface area contributed by atoms with Gasteiger partial charge in [-0.05, 0) is 18.9 Å². The fraction of sp³-hybridized carbons (Fsp3) is 0.167. The molecule has 0 heterocycles. The number of hydrogen-bond acceptors (Lipinski definition) is 0. The van der Waals surface area contributed by atoms with Crippen molar-refractivity contribution in [2.75, 3.05) is 0 Å². The maximum atomic E-state index is 3.65. The van der Waals surface area contributed by atoms with Crippen LogP contribution in [0, 0.1) is 6.92 Å². The molecule has 12 heavy (non-hydrogen) atoms. The van der Waals surface area contributed by atoms with Gasteiger partial charge in [0.25, 0.3) is 0 Å². The lowest BCUT2D eigenvalue weighted by Gasteiger charge is -1.93. The summed E-state index contributed by atoms with van der Waals surface area (Å²) in [5.41, 5.74) is 2.55. The van der Waals surface area contributed by atoms with Gasteiger partial charge in [-0.1, -0.05) is 48.1 Å². The van der Waals surface area contributed by atoms with E-state index in [9.17, 15) is 0 Å². The van der Waals surface area contributed by atoms with Gasteiger partial charge in [-0.3, -0.25) is 0 Å². The summed E-state index contributed by atoms with van der Waals surface area (Å²) in [7, 11) is 0. The molecular formula is C12H14. The van der Waals surface area contributed by atoms with Crippen LogP contribution in [0.15, 0.2) is 43.0 Å². The van der Waals surface area contributed by atoms with Gasteiger partial charge in [0.1, 0.15) is 0 Å². The van der Waals surface area contributed by atoms with E-state index in [4.69, 9.17) is 0 Å². The summed E-state index contributed by atoms with van der Waals surface area (Å²) in [5.74, 6) is 0. The van der Waals surface area contributed by atoms with Crippen LogP contribution in [-0.4, -0.2) is 0 Å². The van der Waals surface area contributed by atoms with Gasteiger partial charge in [-0.25, -0.2) is 0 Å². The third-order valence-corrected chi connectivity index (χ3v) is 1.69. The maximum absolute atomic E-state index is 3.65. The highest BCUT2D eigenvalue weighted by atomic mass is 13.9. The first-order valence-corrected chi connectivity index (χ1v) is 4.17. The van der Waals surface area contributed by atoms with E-state index in [1.54, 1.807) is 0 Å². The molecule has 0 N–H and O–H groups in total. The quantitative estimate of drug-likeness (QED) is 0.590. The zero-order chi connectivity index (χ0) is 8.81. The molecule has 1 aromatic carbocycles. The lowest BCUT2D eigenvalue weighted by atomic mass is 10.1. The molecule has 0 bridgehead atoms. The molecule has 62 valence electrons. The first kappa shape index (κ1) is 8.79. The van der Waals surface area contributed by atoms with Crippen molar-refractivity contribution < 1.29 is 0 Å². The van der Waals surface area contributed by atoms with Crippen molar-refractivity contribution in [1.82, 2.24) is 0 Å². The highest BCUT2D eigenvalue weighted by Gasteiger charge is 1.84. The molecule has 0 aliphatic rings. The van der Waals surface area contributed by atoms with Crippen LogP contribution in [0.25, 0.3) is 6.08 Å². The molecule has 0 saturated heterocycles. The Bertz CT molecular complexity index is 265. The molecule has 0 atom stereocenters. The molecule has 0 heteroatoms. The minimum atomic E-state index is 0.938. The van der Waals surface area contributed by atoms with E-state index >= 15 is 0 Å². The SMILES string of the molecule is C=CC/C=C/c1ccc(C)cc1. The van der Waals surface area contributed by atoms with E-state index in [1.807, 2.05) is 6.08 Å². The summed E-state index contributed by atoms with van der Waals surface area (Å²) < 4.78 is 0. The predicted molar refractivity (Wildman–Crippen MR) is 55.0 cm³/mol. The normalized spacial score (nSPS) is 10.4. The van der Waals surface area contributed by atoms with Crippen molar-refractivity contribution in [3.63, 3.8) is 0 Å². The van der Waals surface area contributed by atoms with Crippen LogP contribution in [0.4, 0.5) is 0 Å². The second-order valence-corrected chi connectivity index (χ2v) is 2.84. The van der Waals surface area contributed by atoms with Crippen LogP contribution in [0.2, 0.25) is 0 Å². The van der Waals surface area contributed by atoms with E-state index in [0.29, 0.717) is 0 Å². The standard InChI is InChI=1S/C12H14/c1-3-4-5-6-12-9-7-11(2)8-10-12/h3,5-10H,1,4H2,2H3/b6-5+. The van der Waals surface area contributed by atoms with Gasteiger partial charge in [-0.15, -0.1) is 6.58 Å². The monoisotopic (exact) mass is 158 g/mol. The maximum Gasteiger partial charge on any atom is -0.0169 e. The summed E-state index contributed by atoms with van der Waals surface area (Å²) in [6.45, 7) is 5.75. The molecule has 0 amide bonds. The van der Waals surface area contributed by atoms with Crippen molar-refractivity contribution >= 4 is 6.08 Å². The molecule has 0 unspecified atom stereocenters. The Hall–Kier alpha value is -1.30. The molecule has 0 aromatic heterocycles. The fourth-order valence-corrected chi connectivity index (χ4v) is 0.978. The van der Waals surface area contributed by atoms with Crippen LogP contribution in [-0.2, 0) is 0 Å². The zero-order valence-electron chi connectivity index (χ0n) is 7.46. The third-order valence-electron chi connectivity index (χ3n) is 1.69. The van der Waals surface area contributed by atoms with Gasteiger partial charge in [0.05, 0.1) is 0 Å². The number of aryl methyl sites for hydroxylation is 1. The molecule has 1 aromatic rings. The van der Waals surface area contributed by atoms with Gasteiger partial charge < -0.3 is 0 Å². The van der Waals surface area contributed by atoms with Gasteiger partial charge in [-0.2, -0.15) is 0 Å². The Morgan fingerprint density at radius 2 is 1.92 bits per heavy atom. The minimum absolute atomic E-state index is 0.938. The molecule has 0 saturated carbocycles. The highest BCUT2D eigenvalue weighted by molar-refractivity contribution is 5.49. The topological polar surface area (TPSA) is 0 Å². The Labute approximate surface area is 74.2 Å². The molecule has 0 nitrogen and oxygen atoms in total. The molecular weight excluding hydrogens is 144 g/mol. The summed E-state index contributed by atoms with van der Waals surface area (Å²) in [5, 5.41) is 0. The Balaban J connectivity index is 2.64. The van der Waals surface area contributed by atoms with Crippen molar-refractivity contribution in [3.05, 3.63) is 54.1 Å². The number of rotatable bonds is 3. The second-order valence-electron chi connectivity index (χ2n) is 2.84. The van der Waals surface area contributed by atoms with E-state index in [-0.39, 0.29) is 0 Å². The van der Waals surface area contributed by atoms with Crippen LogP contribution in [0.1, 0.15) is 17.5 Å². The largest absolute Gasteiger partial charge is 0.103 e. The highest BCUT2D eigenvalue weighted by Crippen LogP contribution is 2.05. The number of allylic oxidation sites excluding steroid dienone is 2. The minimum Gasteiger partial charge on any atom is -0.103 e. The summed E-state index contributed by atoms with van der Waals surface area (Å²) >= 11 is 0. The summed E-state index contributed by atoms with van der Waals surface area (Å²) in [6.07, 6.45) is 7.05. The van der Waals surface area contributed by atoms with Crippen molar-refractivity contribution in [2.45, 2.75) is 13.3 Å².